The van der Waals surface area contributed by atoms with E-state index in [4.69, 9.17) is 19.4 Å². The second kappa shape index (κ2) is 18.4. The van der Waals surface area contributed by atoms with Crippen LogP contribution in [0.1, 0.15) is 10.0 Å². The van der Waals surface area contributed by atoms with Crippen LogP contribution in [0.25, 0.3) is 64.9 Å². The van der Waals surface area contributed by atoms with Gasteiger partial charge in [-0.1, -0.05) is 107 Å². The minimum atomic E-state index is -0.560. The molecule has 334 valence electrons. The van der Waals surface area contributed by atoms with Crippen LogP contribution in [-0.2, 0) is 0 Å². The predicted octanol–water partition coefficient (Wildman–Crippen LogP) is 8.05. The number of phenols is 2. The highest BCUT2D eigenvalue weighted by molar-refractivity contribution is 7.20. The van der Waals surface area contributed by atoms with Crippen LogP contribution >= 0.6 is 22.7 Å². The van der Waals surface area contributed by atoms with Crippen LogP contribution in [0.4, 0.5) is 0 Å². The van der Waals surface area contributed by atoms with E-state index in [1.54, 1.807) is 38.5 Å². The van der Waals surface area contributed by atoms with E-state index in [-0.39, 0.29) is 11.5 Å². The Hall–Kier alpha value is -8.81. The molecule has 11 aromatic rings. The van der Waals surface area contributed by atoms with E-state index in [9.17, 15) is 20.7 Å². The van der Waals surface area contributed by atoms with Crippen molar-refractivity contribution in [3.63, 3.8) is 0 Å². The maximum atomic E-state index is 11.9. The Bertz CT molecular complexity index is 3950. The minimum Gasteiger partial charge on any atom is -0.508 e. The molecular formula is C56H38B2N6O4S2. The molecule has 0 saturated carbocycles. The van der Waals surface area contributed by atoms with E-state index >= 15 is 0 Å². The molecule has 2 N–H and O–H groups in total. The highest BCUT2D eigenvalue weighted by atomic mass is 32.1. The van der Waals surface area contributed by atoms with Crippen molar-refractivity contribution in [3.05, 3.63) is 197 Å². The third-order valence-electron chi connectivity index (χ3n) is 12.5. The van der Waals surface area contributed by atoms with Gasteiger partial charge in [-0.15, -0.1) is 22.7 Å². The number of rotatable bonds is 11. The molecule has 10 nitrogen and oxygen atoms in total. The maximum absolute atomic E-state index is 11.9. The number of ether oxygens (including phenoxy) is 2. The van der Waals surface area contributed by atoms with Crippen LogP contribution in [0.15, 0.2) is 176 Å². The first kappa shape index (κ1) is 43.7. The van der Waals surface area contributed by atoms with Crippen molar-refractivity contribution in [1.29, 1.82) is 10.5 Å². The third-order valence-corrected chi connectivity index (χ3v) is 14.6. The molecule has 0 fully saturated rings. The zero-order valence-electron chi connectivity index (χ0n) is 37.7. The molecular weight excluding hydrogens is 906 g/mol. The number of aromatic nitrogens is 4. The number of benzene rings is 7. The molecule has 4 aromatic heterocycles. The molecule has 0 spiro atoms. The number of methoxy groups -OCH3 is 2. The zero-order chi connectivity index (χ0) is 47.9. The zero-order valence-corrected chi connectivity index (χ0v) is 39.4. The Morgan fingerprint density at radius 3 is 1.47 bits per heavy atom. The maximum Gasteiger partial charge on any atom is 0.328 e. The number of nitrogens with zero attached hydrogens (tertiary/aromatic N) is 6. The van der Waals surface area contributed by atoms with E-state index < -0.39 is 6.85 Å². The average molecular weight is 945 g/mol. The number of aromatic hydroxyl groups is 2. The van der Waals surface area contributed by atoms with Gasteiger partial charge in [-0.25, -0.2) is 9.97 Å². The summed E-state index contributed by atoms with van der Waals surface area (Å²) in [4.78, 5) is 10.3. The van der Waals surface area contributed by atoms with Crippen LogP contribution < -0.4 is 36.6 Å². The van der Waals surface area contributed by atoms with Crippen molar-refractivity contribution in [1.82, 2.24) is 18.9 Å². The van der Waals surface area contributed by atoms with Crippen molar-refractivity contribution < 1.29 is 19.7 Å². The molecule has 11 rings (SSSR count). The van der Waals surface area contributed by atoms with E-state index in [0.29, 0.717) is 84.0 Å². The van der Waals surface area contributed by atoms with Gasteiger partial charge < -0.3 is 28.6 Å². The monoisotopic (exact) mass is 944 g/mol. The number of hydrogen-bond donors (Lipinski definition) is 2. The average Bonchev–Trinajstić information content (AvgIpc) is 4.17. The molecule has 0 saturated heterocycles. The lowest BCUT2D eigenvalue weighted by Gasteiger charge is -2.22. The van der Waals surface area contributed by atoms with Gasteiger partial charge in [0.2, 0.25) is 0 Å². The Morgan fingerprint density at radius 2 is 1.00 bits per heavy atom. The first-order valence-corrected chi connectivity index (χ1v) is 24.0. The number of nitriles is 2. The summed E-state index contributed by atoms with van der Waals surface area (Å²) >= 11 is 2.83. The van der Waals surface area contributed by atoms with Crippen molar-refractivity contribution in [2.24, 2.45) is 0 Å². The Morgan fingerprint density at radius 1 is 0.557 bits per heavy atom. The Kier molecular flexibility index (Phi) is 11.5. The molecule has 0 amide bonds. The highest BCUT2D eigenvalue weighted by Crippen LogP contribution is 2.38. The number of thiazole rings is 2. The van der Waals surface area contributed by atoms with Crippen LogP contribution in [0, 0.1) is 22.7 Å². The van der Waals surface area contributed by atoms with Crippen LogP contribution in [0.5, 0.6) is 23.0 Å². The number of phenolic OH excluding ortho intramolecular Hbond substituents is 2. The smallest absolute Gasteiger partial charge is 0.328 e. The summed E-state index contributed by atoms with van der Waals surface area (Å²) in [5.74, 6) is 1.45. The van der Waals surface area contributed by atoms with Gasteiger partial charge in [-0.05, 0) is 83.9 Å². The lowest BCUT2D eigenvalue weighted by atomic mass is 9.50. The fourth-order valence-electron chi connectivity index (χ4n) is 9.39. The lowest BCUT2D eigenvalue weighted by Crippen LogP contribution is -2.53. The molecule has 14 heteroatoms. The van der Waals surface area contributed by atoms with E-state index in [1.807, 2.05) is 115 Å². The van der Waals surface area contributed by atoms with Crippen molar-refractivity contribution in [2.75, 3.05) is 14.2 Å². The van der Waals surface area contributed by atoms with Crippen LogP contribution in [0.2, 0.25) is 0 Å². The van der Waals surface area contributed by atoms with Crippen LogP contribution in [0.3, 0.4) is 0 Å². The van der Waals surface area contributed by atoms with Gasteiger partial charge in [0, 0.05) is 34.3 Å². The molecule has 70 heavy (non-hydrogen) atoms. The van der Waals surface area contributed by atoms with Crippen LogP contribution in [-0.4, -0.2) is 57.6 Å². The minimum absolute atomic E-state index is 0.0796. The third kappa shape index (κ3) is 7.71. The summed E-state index contributed by atoms with van der Waals surface area (Å²) in [6, 6.07) is 61.3. The van der Waals surface area contributed by atoms with E-state index in [1.165, 1.54) is 22.7 Å². The van der Waals surface area contributed by atoms with Gasteiger partial charge in [0.1, 0.15) is 56.3 Å². The predicted molar refractivity (Wildman–Crippen MR) is 284 cm³/mol. The second-order valence-corrected chi connectivity index (χ2v) is 18.6. The standard InChI is InChI=1S/C56H38B2N6O4S2/c1-67-41-26-28-47-45(30-41)61-55(69-47)43(32-59)53-50-49(51(34-18-22-39(65)23-19-34)63(53)57-36-12-6-3-7-13-36)54(44(33-60)56-62-46-31-42(68-2)27-29-48(46)70-56)64(52(50)35-20-24-40(66)25-21-35)58(37-14-8-4-9-15-37)38-16-10-5-11-17-38/h3-31,57,65-66H,1-2H3/b53-43-,54-44-. The van der Waals surface area contributed by atoms with E-state index in [2.05, 4.69) is 57.5 Å². The van der Waals surface area contributed by atoms with Crippen molar-refractivity contribution in [3.8, 4) is 57.7 Å². The van der Waals surface area contributed by atoms with Gasteiger partial charge >= 0.3 is 6.85 Å². The summed E-state index contributed by atoms with van der Waals surface area (Å²) in [5, 5.41) is 49.0. The molecule has 0 atom stereocenters. The summed E-state index contributed by atoms with van der Waals surface area (Å²) in [5.41, 5.74) is 7.67. The molecule has 0 bridgehead atoms. The fraction of sp³-hybridized carbons (Fsp3) is 0.0357. The molecule has 7 aromatic carbocycles. The van der Waals surface area contributed by atoms with Gasteiger partial charge in [-0.3, -0.25) is 0 Å². The molecule has 0 unspecified atom stereocenters. The largest absolute Gasteiger partial charge is 0.508 e. The molecule has 0 radical (unpaired) electrons. The SMILES string of the molecule is COc1ccc2sc(/C(C#N)=c3/c4c(-c5ccc(O)cc5)n(B(c5ccccc5)c5ccccc5)/c(=C(/C#N)c5nc6cc(OC)ccc6s5)c4c(-c4ccc(O)cc4)n3Bc3ccccc3)nc2c1. The normalized spacial score (nSPS) is 12.1. The molecule has 0 aliphatic heterocycles. The highest BCUT2D eigenvalue weighted by Gasteiger charge is 2.35. The van der Waals surface area contributed by atoms with Gasteiger partial charge in [0.25, 0.3) is 7.41 Å². The summed E-state index contributed by atoms with van der Waals surface area (Å²) in [7, 11) is 3.54. The Balaban J connectivity index is 1.47. The number of hydrogen-bond acceptors (Lipinski definition) is 10. The fourth-order valence-corrected chi connectivity index (χ4v) is 11.3. The van der Waals surface area contributed by atoms with E-state index in [0.717, 1.165) is 36.9 Å². The first-order chi connectivity index (χ1) is 34.3. The summed E-state index contributed by atoms with van der Waals surface area (Å²) in [6.45, 7) is -0.560. The quantitative estimate of drug-likeness (QED) is 0.124. The Labute approximate surface area is 411 Å². The van der Waals surface area contributed by atoms with Gasteiger partial charge in [0.15, 0.2) is 0 Å². The van der Waals surface area contributed by atoms with Crippen molar-refractivity contribution in [2.45, 2.75) is 0 Å². The second-order valence-electron chi connectivity index (χ2n) is 16.6. The summed E-state index contributed by atoms with van der Waals surface area (Å²) < 4.78 is 17.4. The first-order valence-electron chi connectivity index (χ1n) is 22.3. The van der Waals surface area contributed by atoms with Gasteiger partial charge in [-0.2, -0.15) is 10.5 Å². The van der Waals surface area contributed by atoms with Gasteiger partial charge in [0.05, 0.1) is 45.4 Å². The topological polar surface area (TPSA) is 142 Å². The molecule has 0 aliphatic carbocycles. The summed E-state index contributed by atoms with van der Waals surface area (Å²) in [6.07, 6.45) is 0. The number of fused-ring (bicyclic) bond motifs is 3. The molecule has 0 aliphatic rings. The lowest BCUT2D eigenvalue weighted by molar-refractivity contribution is 0.415. The molecule has 4 heterocycles. The van der Waals surface area contributed by atoms with Crippen molar-refractivity contribution >= 4 is 95.7 Å².